The molecule has 0 amide bonds. The molecule has 0 unspecified atom stereocenters. The van der Waals surface area contributed by atoms with Crippen LogP contribution in [0.25, 0.3) is 0 Å². The Kier molecular flexibility index (Phi) is 5.12. The molecule has 166 valence electrons. The van der Waals surface area contributed by atoms with Gasteiger partial charge >= 0.3 is 0 Å². The lowest BCUT2D eigenvalue weighted by Crippen LogP contribution is -2.41. The number of fused-ring (bicyclic) bond motifs is 1. The van der Waals surface area contributed by atoms with Gasteiger partial charge in [-0.05, 0) is 36.4 Å². The number of rotatable bonds is 5. The third-order valence-electron chi connectivity index (χ3n) is 7.17. The molecule has 5 rings (SSSR count). The Labute approximate surface area is 195 Å². The Balaban J connectivity index is 1.62. The number of benzene rings is 2. The summed E-state index contributed by atoms with van der Waals surface area (Å²) in [6.45, 7) is 9.59. The van der Waals surface area contributed by atoms with Crippen molar-refractivity contribution < 1.29 is 0 Å². The van der Waals surface area contributed by atoms with E-state index in [4.69, 9.17) is 9.97 Å². The van der Waals surface area contributed by atoms with Crippen molar-refractivity contribution in [1.82, 2.24) is 15.0 Å². The highest BCUT2D eigenvalue weighted by atomic mass is 15.4. The number of pyridine rings is 1. The minimum absolute atomic E-state index is 0.244. The van der Waals surface area contributed by atoms with Crippen molar-refractivity contribution in [3.63, 3.8) is 0 Å². The maximum Gasteiger partial charge on any atom is 0.178 e. The fourth-order valence-corrected chi connectivity index (χ4v) is 4.32. The van der Waals surface area contributed by atoms with Crippen LogP contribution in [0.2, 0.25) is 0 Å². The predicted octanol–water partition coefficient (Wildman–Crippen LogP) is 6.37. The number of nitrogens with zero attached hydrogens (tertiary/aromatic N) is 5. The molecular weight excluding hydrogens is 406 g/mol. The molecule has 0 spiro atoms. The molecule has 1 aliphatic heterocycles. The Morgan fingerprint density at radius 3 is 1.73 bits per heavy atom. The summed E-state index contributed by atoms with van der Waals surface area (Å²) in [5, 5.41) is 0. The highest BCUT2D eigenvalue weighted by Gasteiger charge is 2.43. The smallest absolute Gasteiger partial charge is 0.178 e. The summed E-state index contributed by atoms with van der Waals surface area (Å²) in [4.78, 5) is 19.3. The number of hydrogen-bond acceptors (Lipinski definition) is 5. The van der Waals surface area contributed by atoms with Crippen LogP contribution < -0.4 is 9.80 Å². The van der Waals surface area contributed by atoms with Crippen LogP contribution in [0.15, 0.2) is 91.3 Å². The van der Waals surface area contributed by atoms with Crippen molar-refractivity contribution in [1.29, 1.82) is 0 Å². The second-order valence-corrected chi connectivity index (χ2v) is 9.54. The molecule has 0 aliphatic carbocycles. The van der Waals surface area contributed by atoms with Crippen LogP contribution in [-0.2, 0) is 10.8 Å². The Morgan fingerprint density at radius 1 is 0.606 bits per heavy atom. The third kappa shape index (κ3) is 3.54. The third-order valence-corrected chi connectivity index (χ3v) is 7.17. The molecular formula is C28H29N5. The molecule has 33 heavy (non-hydrogen) atoms. The van der Waals surface area contributed by atoms with Gasteiger partial charge in [-0.15, -0.1) is 0 Å². The summed E-state index contributed by atoms with van der Waals surface area (Å²) in [6, 6.07) is 26.9. The van der Waals surface area contributed by atoms with Gasteiger partial charge in [-0.1, -0.05) is 70.2 Å². The zero-order valence-corrected chi connectivity index (χ0v) is 19.6. The minimum Gasteiger partial charge on any atom is -0.305 e. The Bertz CT molecular complexity index is 1240. The lowest BCUT2D eigenvalue weighted by molar-refractivity contribution is 0.288. The van der Waals surface area contributed by atoms with E-state index in [9.17, 15) is 0 Å². The van der Waals surface area contributed by atoms with Crippen LogP contribution in [0.4, 0.5) is 23.0 Å². The minimum atomic E-state index is -0.300. The van der Waals surface area contributed by atoms with Gasteiger partial charge < -0.3 is 9.80 Å². The van der Waals surface area contributed by atoms with Crippen molar-refractivity contribution in [2.75, 3.05) is 16.5 Å². The first-order valence-electron chi connectivity index (χ1n) is 11.3. The van der Waals surface area contributed by atoms with E-state index in [1.165, 1.54) is 0 Å². The molecule has 2 aromatic heterocycles. The molecule has 4 aromatic rings. The predicted molar refractivity (Wildman–Crippen MR) is 134 cm³/mol. The van der Waals surface area contributed by atoms with E-state index < -0.39 is 0 Å². The fraction of sp³-hybridized carbons (Fsp3) is 0.250. The second-order valence-electron chi connectivity index (χ2n) is 9.54. The van der Waals surface area contributed by atoms with Gasteiger partial charge in [0.05, 0.1) is 11.9 Å². The highest BCUT2D eigenvalue weighted by molar-refractivity contribution is 5.81. The molecule has 0 atom stereocenters. The maximum atomic E-state index is 5.24. The largest absolute Gasteiger partial charge is 0.305 e. The van der Waals surface area contributed by atoms with Crippen LogP contribution in [0, 0.1) is 0 Å². The zero-order chi connectivity index (χ0) is 23.1. The van der Waals surface area contributed by atoms with Crippen LogP contribution >= 0.6 is 0 Å². The first-order valence-corrected chi connectivity index (χ1v) is 11.3. The monoisotopic (exact) mass is 435 g/mol. The van der Waals surface area contributed by atoms with E-state index in [2.05, 4.69) is 97.1 Å². The zero-order valence-electron chi connectivity index (χ0n) is 19.6. The Hall–Kier alpha value is -3.73. The molecule has 0 radical (unpaired) electrons. The number of anilines is 4. The van der Waals surface area contributed by atoms with Gasteiger partial charge in [-0.3, -0.25) is 4.98 Å². The van der Waals surface area contributed by atoms with Crippen LogP contribution in [0.3, 0.4) is 0 Å². The SMILES string of the molecule is CC(C)(c1ccccn1)C(C)(C)c1cnc2c(n1)N(c1ccccc1)CN2c1ccccc1. The molecule has 0 N–H and O–H groups in total. The summed E-state index contributed by atoms with van der Waals surface area (Å²) in [7, 11) is 0. The van der Waals surface area contributed by atoms with E-state index in [1.807, 2.05) is 36.7 Å². The summed E-state index contributed by atoms with van der Waals surface area (Å²) in [5.41, 5.74) is 3.66. The molecule has 2 aromatic carbocycles. The van der Waals surface area contributed by atoms with Crippen molar-refractivity contribution in [3.8, 4) is 0 Å². The van der Waals surface area contributed by atoms with E-state index in [0.29, 0.717) is 6.67 Å². The average Bonchev–Trinajstić information content (AvgIpc) is 3.24. The first-order chi connectivity index (χ1) is 15.9. The van der Waals surface area contributed by atoms with Gasteiger partial charge in [0.2, 0.25) is 0 Å². The van der Waals surface area contributed by atoms with E-state index >= 15 is 0 Å². The quantitative estimate of drug-likeness (QED) is 0.364. The fourth-order valence-electron chi connectivity index (χ4n) is 4.32. The normalized spacial score (nSPS) is 13.8. The van der Waals surface area contributed by atoms with Crippen LogP contribution in [0.1, 0.15) is 39.1 Å². The number of para-hydroxylation sites is 2. The summed E-state index contributed by atoms with van der Waals surface area (Å²) in [6.07, 6.45) is 3.80. The number of aromatic nitrogens is 3. The molecule has 0 saturated heterocycles. The topological polar surface area (TPSA) is 45.2 Å². The highest BCUT2D eigenvalue weighted by Crippen LogP contribution is 2.46. The first kappa shape index (κ1) is 21.1. The van der Waals surface area contributed by atoms with Gasteiger partial charge in [0.1, 0.15) is 6.67 Å². The van der Waals surface area contributed by atoms with Gasteiger partial charge in [0.25, 0.3) is 0 Å². The summed E-state index contributed by atoms with van der Waals surface area (Å²) >= 11 is 0. The standard InChI is InChI=1S/C28H29N5/c1-27(2,23-17-11-12-18-29-23)28(3,4)24-19-30-25-26(31-24)33(22-15-9-6-10-16-22)20-32(25)21-13-7-5-8-14-21/h5-19H,20H2,1-4H3. The van der Waals surface area contributed by atoms with E-state index in [1.54, 1.807) is 0 Å². The van der Waals surface area contributed by atoms with E-state index in [-0.39, 0.29) is 10.8 Å². The lowest BCUT2D eigenvalue weighted by Gasteiger charge is -2.40. The number of hydrogen-bond donors (Lipinski definition) is 0. The lowest BCUT2D eigenvalue weighted by atomic mass is 9.64. The molecule has 0 bridgehead atoms. The molecule has 0 fully saturated rings. The Morgan fingerprint density at radius 2 is 1.15 bits per heavy atom. The summed E-state index contributed by atoms with van der Waals surface area (Å²) < 4.78 is 0. The van der Waals surface area contributed by atoms with Crippen LogP contribution in [0.5, 0.6) is 0 Å². The van der Waals surface area contributed by atoms with Gasteiger partial charge in [-0.25, -0.2) is 9.97 Å². The second kappa shape index (κ2) is 8.00. The average molecular weight is 436 g/mol. The maximum absolute atomic E-state index is 5.24. The van der Waals surface area contributed by atoms with Gasteiger partial charge in [-0.2, -0.15) is 0 Å². The summed E-state index contributed by atoms with van der Waals surface area (Å²) in [5.74, 6) is 1.76. The van der Waals surface area contributed by atoms with Crippen molar-refractivity contribution in [3.05, 3.63) is 103 Å². The van der Waals surface area contributed by atoms with Crippen molar-refractivity contribution in [2.24, 2.45) is 0 Å². The molecule has 1 aliphatic rings. The van der Waals surface area contributed by atoms with Crippen molar-refractivity contribution in [2.45, 2.75) is 38.5 Å². The van der Waals surface area contributed by atoms with E-state index in [0.717, 1.165) is 34.4 Å². The molecule has 0 saturated carbocycles. The molecule has 5 nitrogen and oxygen atoms in total. The van der Waals surface area contributed by atoms with Gasteiger partial charge in [0, 0.05) is 34.1 Å². The van der Waals surface area contributed by atoms with Crippen molar-refractivity contribution >= 4 is 23.0 Å². The van der Waals surface area contributed by atoms with Gasteiger partial charge in [0.15, 0.2) is 11.6 Å². The molecule has 5 heteroatoms. The molecule has 3 heterocycles. The van der Waals surface area contributed by atoms with Crippen LogP contribution in [-0.4, -0.2) is 21.6 Å².